The molecule has 0 bridgehead atoms. The fourth-order valence-corrected chi connectivity index (χ4v) is 5.19. The zero-order valence-corrected chi connectivity index (χ0v) is 13.2. The maximum atomic E-state index is 13.1. The van der Waals surface area contributed by atoms with E-state index in [1.54, 1.807) is 0 Å². The number of anilines is 1. The van der Waals surface area contributed by atoms with Crippen LogP contribution in [0.3, 0.4) is 0 Å². The number of Topliss-reactive ketones (excluding diaryl/α,β-unsaturated/α-hetero) is 1. The van der Waals surface area contributed by atoms with E-state index in [0.717, 1.165) is 37.1 Å². The maximum absolute atomic E-state index is 13.1. The van der Waals surface area contributed by atoms with Crippen LogP contribution in [0.5, 0.6) is 0 Å². The van der Waals surface area contributed by atoms with Gasteiger partial charge in [0, 0.05) is 24.2 Å². The molecule has 2 aliphatic heterocycles. The van der Waals surface area contributed by atoms with Crippen LogP contribution in [-0.4, -0.2) is 30.2 Å². The molecule has 0 radical (unpaired) electrons. The lowest BCUT2D eigenvalue weighted by molar-refractivity contribution is -0.148. The van der Waals surface area contributed by atoms with Crippen LogP contribution >= 0.6 is 0 Å². The third kappa shape index (κ3) is 1.42. The van der Waals surface area contributed by atoms with Gasteiger partial charge in [0.05, 0.1) is 5.41 Å². The Morgan fingerprint density at radius 1 is 1.27 bits per heavy atom. The van der Waals surface area contributed by atoms with Gasteiger partial charge >= 0.3 is 0 Å². The Hall–Kier alpha value is -1.68. The van der Waals surface area contributed by atoms with Crippen LogP contribution in [0.15, 0.2) is 24.3 Å². The number of fused-ring (bicyclic) bond motifs is 3. The van der Waals surface area contributed by atoms with Crippen LogP contribution in [0, 0.1) is 11.3 Å². The number of para-hydroxylation sites is 1. The van der Waals surface area contributed by atoms with Crippen LogP contribution in [0.1, 0.15) is 38.2 Å². The highest BCUT2D eigenvalue weighted by atomic mass is 16.2. The summed E-state index contributed by atoms with van der Waals surface area (Å²) < 4.78 is 0. The zero-order chi connectivity index (χ0) is 15.5. The van der Waals surface area contributed by atoms with E-state index in [1.807, 2.05) is 31.3 Å². The van der Waals surface area contributed by atoms with E-state index >= 15 is 0 Å². The molecule has 1 saturated heterocycles. The lowest BCUT2D eigenvalue weighted by atomic mass is 9.57. The van der Waals surface area contributed by atoms with Gasteiger partial charge in [-0.3, -0.25) is 14.5 Å². The molecule has 1 aromatic carbocycles. The maximum Gasteiger partial charge on any atom is 0.250 e. The van der Waals surface area contributed by atoms with E-state index in [2.05, 4.69) is 17.1 Å². The molecule has 1 amide bonds. The molecule has 3 unspecified atom stereocenters. The number of nitrogens with zero attached hydrogens (tertiary/aromatic N) is 1. The first-order chi connectivity index (χ1) is 10.5. The molecular weight excluding hydrogens is 276 g/mol. The van der Waals surface area contributed by atoms with Crippen molar-refractivity contribution in [3.8, 4) is 0 Å². The molecule has 2 spiro atoms. The molecule has 2 heterocycles. The zero-order valence-electron chi connectivity index (χ0n) is 13.2. The largest absolute Gasteiger partial charge is 0.324 e. The van der Waals surface area contributed by atoms with Gasteiger partial charge in [-0.1, -0.05) is 25.1 Å². The first-order valence-corrected chi connectivity index (χ1v) is 8.18. The fraction of sp³-hybridized carbons (Fsp3) is 0.556. The van der Waals surface area contributed by atoms with Crippen molar-refractivity contribution in [2.75, 3.05) is 18.9 Å². The van der Waals surface area contributed by atoms with Crippen molar-refractivity contribution in [3.05, 3.63) is 29.8 Å². The summed E-state index contributed by atoms with van der Waals surface area (Å²) >= 11 is 0. The predicted octanol–water partition coefficient (Wildman–Crippen LogP) is 2.55. The number of carbonyl (C=O) groups excluding carboxylic acids is 2. The molecule has 4 heteroatoms. The molecule has 1 N–H and O–H groups in total. The number of hydrogen-bond donors (Lipinski definition) is 1. The van der Waals surface area contributed by atoms with Crippen LogP contribution in [0.2, 0.25) is 0 Å². The van der Waals surface area contributed by atoms with Gasteiger partial charge < -0.3 is 5.32 Å². The molecule has 3 atom stereocenters. The third-order valence-corrected chi connectivity index (χ3v) is 6.13. The van der Waals surface area contributed by atoms with Crippen LogP contribution in [0.25, 0.3) is 0 Å². The van der Waals surface area contributed by atoms with Crippen molar-refractivity contribution in [3.63, 3.8) is 0 Å². The number of carbonyl (C=O) groups is 2. The second-order valence-electron chi connectivity index (χ2n) is 7.23. The molecule has 0 aromatic heterocycles. The van der Waals surface area contributed by atoms with Gasteiger partial charge in [-0.05, 0) is 38.3 Å². The van der Waals surface area contributed by atoms with E-state index in [1.165, 1.54) is 0 Å². The van der Waals surface area contributed by atoms with Gasteiger partial charge in [0.15, 0.2) is 0 Å². The molecule has 4 rings (SSSR count). The summed E-state index contributed by atoms with van der Waals surface area (Å²) in [5.74, 6) is 0.750. The average Bonchev–Trinajstić information content (AvgIpc) is 2.96. The lowest BCUT2D eigenvalue weighted by Gasteiger charge is -2.47. The Morgan fingerprint density at radius 3 is 2.86 bits per heavy atom. The summed E-state index contributed by atoms with van der Waals surface area (Å²) in [7, 11) is 1.99. The minimum Gasteiger partial charge on any atom is -0.324 e. The van der Waals surface area contributed by atoms with Crippen molar-refractivity contribution in [1.82, 2.24) is 4.90 Å². The first-order valence-electron chi connectivity index (χ1n) is 8.18. The first kappa shape index (κ1) is 13.9. The average molecular weight is 298 g/mol. The Morgan fingerprint density at radius 2 is 2.05 bits per heavy atom. The van der Waals surface area contributed by atoms with Gasteiger partial charge in [0.1, 0.15) is 11.3 Å². The highest BCUT2D eigenvalue weighted by Crippen LogP contribution is 2.61. The highest BCUT2D eigenvalue weighted by molar-refractivity contribution is 6.10. The Labute approximate surface area is 130 Å². The minimum atomic E-state index is -0.810. The van der Waals surface area contributed by atoms with Gasteiger partial charge in [-0.25, -0.2) is 0 Å². The molecule has 116 valence electrons. The number of likely N-dealkylation sites (N-methyl/N-ethyl adjacent to an activating group) is 1. The Balaban J connectivity index is 1.98. The fourth-order valence-electron chi connectivity index (χ4n) is 5.19. The molecule has 1 saturated carbocycles. The Kier molecular flexibility index (Phi) is 2.80. The monoisotopic (exact) mass is 298 g/mol. The molecule has 22 heavy (non-hydrogen) atoms. The summed E-state index contributed by atoms with van der Waals surface area (Å²) in [4.78, 5) is 28.2. The van der Waals surface area contributed by atoms with Gasteiger partial charge in [-0.2, -0.15) is 0 Å². The van der Waals surface area contributed by atoms with Crippen LogP contribution < -0.4 is 5.32 Å². The second kappa shape index (κ2) is 4.42. The molecule has 3 aliphatic rings. The van der Waals surface area contributed by atoms with Crippen molar-refractivity contribution >= 4 is 17.4 Å². The van der Waals surface area contributed by atoms with E-state index in [4.69, 9.17) is 0 Å². The molecule has 4 nitrogen and oxygen atoms in total. The van der Waals surface area contributed by atoms with E-state index in [-0.39, 0.29) is 11.7 Å². The number of ketones is 1. The smallest absolute Gasteiger partial charge is 0.250 e. The van der Waals surface area contributed by atoms with Crippen LogP contribution in [-0.2, 0) is 15.1 Å². The lowest BCUT2D eigenvalue weighted by Crippen LogP contribution is -2.59. The second-order valence-corrected chi connectivity index (χ2v) is 7.23. The molecule has 1 aromatic rings. The SMILES string of the molecule is CC1CCC(=O)C2(CCN(C)C23C(=O)Nc2ccccc23)C1. The topological polar surface area (TPSA) is 49.4 Å². The van der Waals surface area contributed by atoms with Crippen molar-refractivity contribution < 1.29 is 9.59 Å². The minimum absolute atomic E-state index is 0.0175. The van der Waals surface area contributed by atoms with Crippen molar-refractivity contribution in [2.45, 2.75) is 38.1 Å². The summed E-state index contributed by atoms with van der Waals surface area (Å²) in [6, 6.07) is 7.87. The highest BCUT2D eigenvalue weighted by Gasteiger charge is 2.69. The van der Waals surface area contributed by atoms with E-state index in [9.17, 15) is 9.59 Å². The number of nitrogens with one attached hydrogen (secondary N) is 1. The van der Waals surface area contributed by atoms with Gasteiger partial charge in [0.2, 0.25) is 0 Å². The number of likely N-dealkylation sites (tertiary alicyclic amines) is 1. The van der Waals surface area contributed by atoms with Crippen molar-refractivity contribution in [1.29, 1.82) is 0 Å². The molecule has 1 aliphatic carbocycles. The summed E-state index contributed by atoms with van der Waals surface area (Å²) in [6.45, 7) is 3.00. The quantitative estimate of drug-likeness (QED) is 0.801. The van der Waals surface area contributed by atoms with Crippen LogP contribution in [0.4, 0.5) is 5.69 Å². The van der Waals surface area contributed by atoms with Gasteiger partial charge in [0.25, 0.3) is 5.91 Å². The normalized spacial score (nSPS) is 37.8. The number of amides is 1. The number of benzene rings is 1. The number of hydrogen-bond acceptors (Lipinski definition) is 3. The van der Waals surface area contributed by atoms with E-state index < -0.39 is 11.0 Å². The number of rotatable bonds is 0. The summed E-state index contributed by atoms with van der Waals surface area (Å²) in [5, 5.41) is 3.03. The predicted molar refractivity (Wildman–Crippen MR) is 84.5 cm³/mol. The Bertz CT molecular complexity index is 671. The summed E-state index contributed by atoms with van der Waals surface area (Å²) in [6.07, 6.45) is 3.15. The standard InChI is InChI=1S/C18H22N2O2/c1-12-7-8-15(21)17(11-12)9-10-20(2)18(17)13-5-3-4-6-14(13)19-16(18)22/h3-6,12H,7-11H2,1-2H3,(H,19,22). The van der Waals surface area contributed by atoms with Gasteiger partial charge in [-0.15, -0.1) is 0 Å². The molecule has 2 fully saturated rings. The summed E-state index contributed by atoms with van der Waals surface area (Å²) in [5.41, 5.74) is 0.486. The molecular formula is C18H22N2O2. The van der Waals surface area contributed by atoms with Crippen molar-refractivity contribution in [2.24, 2.45) is 11.3 Å². The third-order valence-electron chi connectivity index (χ3n) is 6.13. The van der Waals surface area contributed by atoms with E-state index in [0.29, 0.717) is 12.3 Å².